The van der Waals surface area contributed by atoms with Gasteiger partial charge in [0.25, 0.3) is 5.91 Å². The molecule has 2 aromatic carbocycles. The number of phenols is 1. The zero-order valence-corrected chi connectivity index (χ0v) is 11.0. The van der Waals surface area contributed by atoms with Crippen LogP contribution in [0.25, 0.3) is 0 Å². The quantitative estimate of drug-likeness (QED) is 0.883. The van der Waals surface area contributed by atoms with Crippen molar-refractivity contribution in [1.29, 1.82) is 0 Å². The summed E-state index contributed by atoms with van der Waals surface area (Å²) in [6.45, 7) is 0. The Morgan fingerprint density at radius 1 is 1.11 bits per heavy atom. The van der Waals surface area contributed by atoms with Crippen LogP contribution in [0.5, 0.6) is 5.75 Å². The Kier molecular flexibility index (Phi) is 3.80. The van der Waals surface area contributed by atoms with Crippen molar-refractivity contribution in [3.8, 4) is 5.75 Å². The minimum atomic E-state index is -0.880. The van der Waals surface area contributed by atoms with Crippen molar-refractivity contribution in [1.82, 2.24) is 0 Å². The summed E-state index contributed by atoms with van der Waals surface area (Å²) in [5.41, 5.74) is -0.333. The summed E-state index contributed by atoms with van der Waals surface area (Å²) in [5, 5.41) is 11.3. The summed E-state index contributed by atoms with van der Waals surface area (Å²) in [5.74, 6) is -2.60. The van der Waals surface area contributed by atoms with Crippen LogP contribution in [0.2, 0.25) is 0 Å². The van der Waals surface area contributed by atoms with E-state index in [-0.39, 0.29) is 17.0 Å². The minimum Gasteiger partial charge on any atom is -0.508 e. The van der Waals surface area contributed by atoms with E-state index in [9.17, 15) is 13.6 Å². The second-order valence-corrected chi connectivity index (χ2v) is 4.66. The molecule has 0 fully saturated rings. The van der Waals surface area contributed by atoms with Crippen LogP contribution >= 0.6 is 15.9 Å². The van der Waals surface area contributed by atoms with Crippen molar-refractivity contribution in [2.75, 3.05) is 5.32 Å². The van der Waals surface area contributed by atoms with E-state index in [1.165, 1.54) is 18.2 Å². The normalized spacial score (nSPS) is 10.3. The van der Waals surface area contributed by atoms with E-state index >= 15 is 0 Å². The number of halogens is 3. The van der Waals surface area contributed by atoms with Crippen molar-refractivity contribution in [2.45, 2.75) is 0 Å². The van der Waals surface area contributed by atoms with Gasteiger partial charge >= 0.3 is 0 Å². The molecule has 0 aliphatic heterocycles. The first-order valence-electron chi connectivity index (χ1n) is 5.22. The molecule has 2 N–H and O–H groups in total. The Morgan fingerprint density at radius 2 is 1.84 bits per heavy atom. The third-order valence-corrected chi connectivity index (χ3v) is 2.87. The molecule has 0 aromatic heterocycles. The Balaban J connectivity index is 2.25. The van der Waals surface area contributed by atoms with E-state index in [0.29, 0.717) is 4.47 Å². The van der Waals surface area contributed by atoms with Gasteiger partial charge in [0.1, 0.15) is 17.4 Å². The number of amides is 1. The van der Waals surface area contributed by atoms with Gasteiger partial charge in [-0.25, -0.2) is 8.78 Å². The smallest absolute Gasteiger partial charge is 0.258 e. The number of rotatable bonds is 2. The number of carbonyl (C=O) groups excluding carboxylic acids is 1. The zero-order valence-electron chi connectivity index (χ0n) is 9.45. The molecule has 0 heterocycles. The lowest BCUT2D eigenvalue weighted by Crippen LogP contribution is -2.14. The Morgan fingerprint density at radius 3 is 2.47 bits per heavy atom. The number of phenolic OH excluding ortho intramolecular Hbond substituents is 1. The van der Waals surface area contributed by atoms with Crippen LogP contribution in [0.3, 0.4) is 0 Å². The van der Waals surface area contributed by atoms with Gasteiger partial charge in [-0.15, -0.1) is 0 Å². The first-order chi connectivity index (χ1) is 8.97. The van der Waals surface area contributed by atoms with Crippen molar-refractivity contribution in [3.63, 3.8) is 0 Å². The van der Waals surface area contributed by atoms with E-state index in [4.69, 9.17) is 5.11 Å². The molecule has 0 radical (unpaired) electrons. The fourth-order valence-corrected chi connectivity index (χ4v) is 1.80. The molecule has 1 amide bonds. The highest BCUT2D eigenvalue weighted by molar-refractivity contribution is 9.10. The summed E-state index contributed by atoms with van der Waals surface area (Å²) >= 11 is 3.09. The van der Waals surface area contributed by atoms with Gasteiger partial charge in [-0.3, -0.25) is 4.79 Å². The van der Waals surface area contributed by atoms with Gasteiger partial charge < -0.3 is 10.4 Å². The van der Waals surface area contributed by atoms with Crippen LogP contribution in [-0.4, -0.2) is 11.0 Å². The standard InChI is InChI=1S/C13H8BrF2NO2/c14-7-1-4-12(11(16)5-7)17-13(19)9-3-2-8(18)6-10(9)15/h1-6,18H,(H,17,19). The zero-order chi connectivity index (χ0) is 14.0. The summed E-state index contributed by atoms with van der Waals surface area (Å²) in [4.78, 5) is 11.8. The molecule has 0 spiro atoms. The monoisotopic (exact) mass is 327 g/mol. The van der Waals surface area contributed by atoms with Crippen LogP contribution in [0, 0.1) is 11.6 Å². The molecule has 6 heteroatoms. The lowest BCUT2D eigenvalue weighted by molar-refractivity contribution is 0.102. The second-order valence-electron chi connectivity index (χ2n) is 3.74. The van der Waals surface area contributed by atoms with Crippen LogP contribution in [0.1, 0.15) is 10.4 Å². The maximum atomic E-state index is 13.5. The van der Waals surface area contributed by atoms with Crippen molar-refractivity contribution in [3.05, 3.63) is 58.1 Å². The average Bonchev–Trinajstić information content (AvgIpc) is 2.32. The molecule has 2 aromatic rings. The lowest BCUT2D eigenvalue weighted by Gasteiger charge is -2.07. The van der Waals surface area contributed by atoms with Gasteiger partial charge in [-0.05, 0) is 30.3 Å². The number of aromatic hydroxyl groups is 1. The summed E-state index contributed by atoms with van der Waals surface area (Å²) < 4.78 is 27.5. The molecule has 0 atom stereocenters. The highest BCUT2D eigenvalue weighted by atomic mass is 79.9. The predicted octanol–water partition coefficient (Wildman–Crippen LogP) is 3.69. The van der Waals surface area contributed by atoms with Gasteiger partial charge in [0.2, 0.25) is 0 Å². The SMILES string of the molecule is O=C(Nc1ccc(Br)cc1F)c1ccc(O)cc1F. The highest BCUT2D eigenvalue weighted by Crippen LogP contribution is 2.21. The van der Waals surface area contributed by atoms with E-state index in [1.807, 2.05) is 0 Å². The summed E-state index contributed by atoms with van der Waals surface area (Å²) in [6.07, 6.45) is 0. The molecular weight excluding hydrogens is 320 g/mol. The van der Waals surface area contributed by atoms with Crippen molar-refractivity contribution >= 4 is 27.5 Å². The van der Waals surface area contributed by atoms with Gasteiger partial charge in [0.05, 0.1) is 11.3 Å². The largest absolute Gasteiger partial charge is 0.508 e. The molecule has 0 unspecified atom stereocenters. The first kappa shape index (κ1) is 13.5. The van der Waals surface area contributed by atoms with E-state index < -0.39 is 17.5 Å². The van der Waals surface area contributed by atoms with Crippen molar-refractivity contribution in [2.24, 2.45) is 0 Å². The van der Waals surface area contributed by atoms with Gasteiger partial charge in [-0.2, -0.15) is 0 Å². The van der Waals surface area contributed by atoms with E-state index in [1.54, 1.807) is 6.07 Å². The fourth-order valence-electron chi connectivity index (χ4n) is 1.47. The number of hydrogen-bond acceptors (Lipinski definition) is 2. The first-order valence-corrected chi connectivity index (χ1v) is 6.01. The third-order valence-electron chi connectivity index (χ3n) is 2.38. The number of hydrogen-bond donors (Lipinski definition) is 2. The maximum Gasteiger partial charge on any atom is 0.258 e. The molecule has 3 nitrogen and oxygen atoms in total. The topological polar surface area (TPSA) is 49.3 Å². The predicted molar refractivity (Wildman–Crippen MR) is 70.1 cm³/mol. The average molecular weight is 328 g/mol. The summed E-state index contributed by atoms with van der Waals surface area (Å²) in [7, 11) is 0. The lowest BCUT2D eigenvalue weighted by atomic mass is 10.2. The highest BCUT2D eigenvalue weighted by Gasteiger charge is 2.14. The van der Waals surface area contributed by atoms with Crippen LogP contribution in [-0.2, 0) is 0 Å². The van der Waals surface area contributed by atoms with Gasteiger partial charge in [0, 0.05) is 10.5 Å². The van der Waals surface area contributed by atoms with Crippen LogP contribution < -0.4 is 5.32 Å². The van der Waals surface area contributed by atoms with Crippen LogP contribution in [0.15, 0.2) is 40.9 Å². The fraction of sp³-hybridized carbons (Fsp3) is 0. The third kappa shape index (κ3) is 3.08. The molecule has 19 heavy (non-hydrogen) atoms. The number of carbonyl (C=O) groups is 1. The molecule has 98 valence electrons. The molecule has 0 saturated carbocycles. The molecule has 0 bridgehead atoms. The number of benzene rings is 2. The number of anilines is 1. The number of nitrogens with one attached hydrogen (secondary N) is 1. The summed E-state index contributed by atoms with van der Waals surface area (Å²) in [6, 6.07) is 7.20. The molecule has 0 aliphatic carbocycles. The molecule has 0 aliphatic rings. The minimum absolute atomic E-state index is 0.0549. The van der Waals surface area contributed by atoms with E-state index in [2.05, 4.69) is 21.2 Å². The van der Waals surface area contributed by atoms with E-state index in [0.717, 1.165) is 12.1 Å². The van der Waals surface area contributed by atoms with Crippen molar-refractivity contribution < 1.29 is 18.7 Å². The second kappa shape index (κ2) is 5.36. The Labute approximate surface area is 116 Å². The van der Waals surface area contributed by atoms with Gasteiger partial charge in [-0.1, -0.05) is 15.9 Å². The molecule has 0 saturated heterocycles. The molecular formula is C13H8BrF2NO2. The molecule has 2 rings (SSSR count). The van der Waals surface area contributed by atoms with Crippen LogP contribution in [0.4, 0.5) is 14.5 Å². The Hall–Kier alpha value is -1.95. The Bertz CT molecular complexity index is 647. The van der Waals surface area contributed by atoms with Gasteiger partial charge in [0.15, 0.2) is 0 Å². The maximum absolute atomic E-state index is 13.5.